The van der Waals surface area contributed by atoms with Gasteiger partial charge in [0.15, 0.2) is 11.5 Å². The predicted octanol–water partition coefficient (Wildman–Crippen LogP) is 4.78. The molecule has 1 amide bonds. The monoisotopic (exact) mass is 410 g/mol. The van der Waals surface area contributed by atoms with Crippen LogP contribution in [-0.4, -0.2) is 38.1 Å². The van der Waals surface area contributed by atoms with Crippen molar-refractivity contribution in [1.29, 1.82) is 0 Å². The van der Waals surface area contributed by atoms with Crippen molar-refractivity contribution in [2.75, 3.05) is 26.6 Å². The second-order valence-electron chi connectivity index (χ2n) is 6.34. The summed E-state index contributed by atoms with van der Waals surface area (Å²) in [6.07, 6.45) is 0. The van der Waals surface area contributed by atoms with Crippen LogP contribution in [0.1, 0.15) is 18.1 Å². The summed E-state index contributed by atoms with van der Waals surface area (Å²) in [5, 5.41) is 3.77. The lowest BCUT2D eigenvalue weighted by atomic mass is 10.1. The first-order valence-corrected chi connectivity index (χ1v) is 9.20. The molecule has 0 heterocycles. The number of methoxy groups -OCH3 is 2. The molecule has 0 bridgehead atoms. The molecule has 0 aliphatic heterocycles. The number of hydrogen-bond donors (Lipinski definition) is 1. The van der Waals surface area contributed by atoms with E-state index in [1.54, 1.807) is 32.4 Å². The molecule has 1 N–H and O–H groups in total. The molecule has 0 saturated carbocycles. The smallest absolute Gasteiger partial charge is 0.241 e. The van der Waals surface area contributed by atoms with Crippen molar-refractivity contribution >= 4 is 34.8 Å². The Kier molecular flexibility index (Phi) is 7.36. The Morgan fingerprint density at radius 2 is 1.78 bits per heavy atom. The molecule has 2 aromatic rings. The number of carbonyl (C=O) groups is 1. The van der Waals surface area contributed by atoms with Crippen LogP contribution in [0, 0.1) is 6.92 Å². The first-order valence-electron chi connectivity index (χ1n) is 8.44. The highest BCUT2D eigenvalue weighted by atomic mass is 35.5. The first-order chi connectivity index (χ1) is 12.8. The molecule has 0 unspecified atom stereocenters. The fourth-order valence-electron chi connectivity index (χ4n) is 2.63. The fraction of sp³-hybridized carbons (Fsp3) is 0.350. The van der Waals surface area contributed by atoms with E-state index in [1.165, 1.54) is 0 Å². The average molecular weight is 411 g/mol. The molecule has 5 nitrogen and oxygen atoms in total. The van der Waals surface area contributed by atoms with Gasteiger partial charge >= 0.3 is 0 Å². The molecule has 7 heteroatoms. The van der Waals surface area contributed by atoms with Crippen molar-refractivity contribution in [3.63, 3.8) is 0 Å². The third kappa shape index (κ3) is 5.28. The van der Waals surface area contributed by atoms with E-state index in [1.807, 2.05) is 37.9 Å². The Balaban J connectivity index is 2.10. The number of benzene rings is 2. The zero-order chi connectivity index (χ0) is 20.1. The SMILES string of the molecule is COc1cc(C)c(CN(C)[C@H](C)C(=O)Nc2ccc(Cl)cc2Cl)cc1OC. The third-order valence-electron chi connectivity index (χ3n) is 4.49. The summed E-state index contributed by atoms with van der Waals surface area (Å²) in [5.74, 6) is 1.20. The summed E-state index contributed by atoms with van der Waals surface area (Å²) in [6, 6.07) is 8.47. The van der Waals surface area contributed by atoms with Gasteiger partial charge in [-0.2, -0.15) is 0 Å². The molecular formula is C20H24Cl2N2O3. The minimum atomic E-state index is -0.371. The molecule has 0 spiro atoms. The van der Waals surface area contributed by atoms with Crippen LogP contribution in [0.3, 0.4) is 0 Å². The van der Waals surface area contributed by atoms with Crippen LogP contribution in [0.15, 0.2) is 30.3 Å². The van der Waals surface area contributed by atoms with Crippen molar-refractivity contribution in [2.24, 2.45) is 0 Å². The van der Waals surface area contributed by atoms with Crippen LogP contribution in [0.25, 0.3) is 0 Å². The minimum Gasteiger partial charge on any atom is -0.493 e. The first kappa shape index (κ1) is 21.4. The van der Waals surface area contributed by atoms with Crippen LogP contribution in [0.2, 0.25) is 10.0 Å². The molecule has 0 aliphatic carbocycles. The van der Waals surface area contributed by atoms with E-state index in [9.17, 15) is 4.79 Å². The second-order valence-corrected chi connectivity index (χ2v) is 7.18. The van der Waals surface area contributed by atoms with E-state index in [0.717, 1.165) is 11.1 Å². The van der Waals surface area contributed by atoms with E-state index in [0.29, 0.717) is 33.8 Å². The number of carbonyl (C=O) groups excluding carboxylic acids is 1. The molecular weight excluding hydrogens is 387 g/mol. The van der Waals surface area contributed by atoms with Crippen molar-refractivity contribution in [3.8, 4) is 11.5 Å². The van der Waals surface area contributed by atoms with Gasteiger partial charge in [0.05, 0.1) is 31.0 Å². The summed E-state index contributed by atoms with van der Waals surface area (Å²) in [6.45, 7) is 4.42. The van der Waals surface area contributed by atoms with Crippen molar-refractivity contribution < 1.29 is 14.3 Å². The van der Waals surface area contributed by atoms with Gasteiger partial charge in [0.1, 0.15) is 0 Å². The van der Waals surface area contributed by atoms with Crippen molar-refractivity contribution in [2.45, 2.75) is 26.4 Å². The maximum Gasteiger partial charge on any atom is 0.241 e. The highest BCUT2D eigenvalue weighted by Gasteiger charge is 2.20. The Hall–Kier alpha value is -1.95. The van der Waals surface area contributed by atoms with Gasteiger partial charge < -0.3 is 14.8 Å². The van der Waals surface area contributed by atoms with E-state index < -0.39 is 0 Å². The molecule has 0 fully saturated rings. The van der Waals surface area contributed by atoms with Gasteiger partial charge in [-0.1, -0.05) is 23.2 Å². The summed E-state index contributed by atoms with van der Waals surface area (Å²) < 4.78 is 10.7. The lowest BCUT2D eigenvalue weighted by molar-refractivity contribution is -0.120. The van der Waals surface area contributed by atoms with Crippen LogP contribution < -0.4 is 14.8 Å². The number of halogens is 2. The number of aryl methyl sites for hydroxylation is 1. The van der Waals surface area contributed by atoms with Gasteiger partial charge in [0, 0.05) is 11.6 Å². The molecule has 0 saturated heterocycles. The van der Waals surface area contributed by atoms with Crippen LogP contribution in [0.5, 0.6) is 11.5 Å². The van der Waals surface area contributed by atoms with Crippen molar-refractivity contribution in [3.05, 3.63) is 51.5 Å². The number of amides is 1. The Morgan fingerprint density at radius 3 is 2.37 bits per heavy atom. The van der Waals surface area contributed by atoms with Gasteiger partial charge in [-0.05, 0) is 62.4 Å². The molecule has 0 aliphatic rings. The van der Waals surface area contributed by atoms with Crippen molar-refractivity contribution in [1.82, 2.24) is 4.90 Å². The summed E-state index contributed by atoms with van der Waals surface area (Å²) in [7, 11) is 5.11. The molecule has 1 atom stereocenters. The normalized spacial score (nSPS) is 12.0. The van der Waals surface area contributed by atoms with Crippen LogP contribution in [0.4, 0.5) is 5.69 Å². The second kappa shape index (κ2) is 9.31. The van der Waals surface area contributed by atoms with Gasteiger partial charge in [-0.15, -0.1) is 0 Å². The molecule has 146 valence electrons. The zero-order valence-corrected chi connectivity index (χ0v) is 17.6. The number of anilines is 1. The predicted molar refractivity (Wildman–Crippen MR) is 110 cm³/mol. The van der Waals surface area contributed by atoms with Gasteiger partial charge in [0.2, 0.25) is 5.91 Å². The number of nitrogens with one attached hydrogen (secondary N) is 1. The maximum atomic E-state index is 12.6. The van der Waals surface area contributed by atoms with Gasteiger partial charge in [-0.3, -0.25) is 9.69 Å². The van der Waals surface area contributed by atoms with Crippen LogP contribution in [-0.2, 0) is 11.3 Å². The molecule has 2 rings (SSSR count). The van der Waals surface area contributed by atoms with E-state index in [2.05, 4.69) is 5.32 Å². The number of ether oxygens (including phenoxy) is 2. The highest BCUT2D eigenvalue weighted by Crippen LogP contribution is 2.31. The average Bonchev–Trinajstić information content (AvgIpc) is 2.64. The number of likely N-dealkylation sites (N-methyl/N-ethyl adjacent to an activating group) is 1. The number of rotatable bonds is 7. The zero-order valence-electron chi connectivity index (χ0n) is 16.1. The summed E-state index contributed by atoms with van der Waals surface area (Å²) in [4.78, 5) is 14.6. The largest absolute Gasteiger partial charge is 0.493 e. The van der Waals surface area contributed by atoms with E-state index >= 15 is 0 Å². The summed E-state index contributed by atoms with van der Waals surface area (Å²) >= 11 is 12.0. The molecule has 2 aromatic carbocycles. The molecule has 0 radical (unpaired) electrons. The fourth-order valence-corrected chi connectivity index (χ4v) is 3.08. The number of hydrogen-bond acceptors (Lipinski definition) is 4. The third-order valence-corrected chi connectivity index (χ3v) is 5.04. The standard InChI is InChI=1S/C20H24Cl2N2O3/c1-12-8-18(26-4)19(27-5)9-14(12)11-24(3)13(2)20(25)23-17-7-6-15(21)10-16(17)22/h6-10,13H,11H2,1-5H3,(H,23,25)/t13-/m1/s1. The van der Waals surface area contributed by atoms with E-state index in [4.69, 9.17) is 32.7 Å². The van der Waals surface area contributed by atoms with Gasteiger partial charge in [0.25, 0.3) is 0 Å². The minimum absolute atomic E-state index is 0.153. The lowest BCUT2D eigenvalue weighted by Crippen LogP contribution is -2.39. The quantitative estimate of drug-likeness (QED) is 0.713. The van der Waals surface area contributed by atoms with Crippen LogP contribution >= 0.6 is 23.2 Å². The summed E-state index contributed by atoms with van der Waals surface area (Å²) in [5.41, 5.74) is 2.65. The Labute approximate surface area is 170 Å². The topological polar surface area (TPSA) is 50.8 Å². The Bertz CT molecular complexity index is 827. The lowest BCUT2D eigenvalue weighted by Gasteiger charge is -2.25. The highest BCUT2D eigenvalue weighted by molar-refractivity contribution is 6.36. The molecule has 27 heavy (non-hydrogen) atoms. The van der Waals surface area contributed by atoms with E-state index in [-0.39, 0.29) is 11.9 Å². The maximum absolute atomic E-state index is 12.6. The molecule has 0 aromatic heterocycles. The Morgan fingerprint density at radius 1 is 1.15 bits per heavy atom. The van der Waals surface area contributed by atoms with Gasteiger partial charge in [-0.25, -0.2) is 0 Å². The number of nitrogens with zero attached hydrogens (tertiary/aromatic N) is 1.